The Balaban J connectivity index is 1.98. The summed E-state index contributed by atoms with van der Waals surface area (Å²) in [7, 11) is 1.43. The molecule has 0 aliphatic carbocycles. The van der Waals surface area contributed by atoms with Crippen LogP contribution >= 0.6 is 15.9 Å². The molecule has 21 heavy (non-hydrogen) atoms. The van der Waals surface area contributed by atoms with E-state index in [0.717, 1.165) is 5.56 Å². The number of carbonyl (C=O) groups is 1. The van der Waals surface area contributed by atoms with Gasteiger partial charge in [0.15, 0.2) is 5.82 Å². The molecule has 0 atom stereocenters. The second-order valence-electron chi connectivity index (χ2n) is 4.13. The first kappa shape index (κ1) is 15.3. The van der Waals surface area contributed by atoms with Crippen LogP contribution < -0.4 is 10.1 Å². The van der Waals surface area contributed by atoms with Gasteiger partial charge in [0.2, 0.25) is 0 Å². The van der Waals surface area contributed by atoms with Crippen LogP contribution in [0.1, 0.15) is 5.56 Å². The molecule has 1 N–H and O–H groups in total. The summed E-state index contributed by atoms with van der Waals surface area (Å²) in [6, 6.07) is 12.2. The van der Waals surface area contributed by atoms with Gasteiger partial charge in [0.1, 0.15) is 12.4 Å². The third-order valence-electron chi connectivity index (χ3n) is 2.72. The molecule has 0 radical (unpaired) electrons. The molecule has 0 fully saturated rings. The zero-order valence-electron chi connectivity index (χ0n) is 11.2. The Hall–Kier alpha value is -2.08. The van der Waals surface area contributed by atoms with Crippen molar-refractivity contribution in [1.29, 1.82) is 0 Å². The van der Waals surface area contributed by atoms with Crippen molar-refractivity contribution in [3.63, 3.8) is 0 Å². The van der Waals surface area contributed by atoms with Crippen LogP contribution in [-0.2, 0) is 11.3 Å². The van der Waals surface area contributed by atoms with E-state index in [-0.39, 0.29) is 16.8 Å². The van der Waals surface area contributed by atoms with Crippen LogP contribution in [0.2, 0.25) is 0 Å². The van der Waals surface area contributed by atoms with Crippen LogP contribution in [0.3, 0.4) is 0 Å². The Morgan fingerprint density at radius 3 is 2.62 bits per heavy atom. The fraction of sp³-hybridized carbons (Fsp3) is 0.133. The first-order chi connectivity index (χ1) is 10.1. The summed E-state index contributed by atoms with van der Waals surface area (Å²) < 4.78 is 24.1. The van der Waals surface area contributed by atoms with E-state index in [0.29, 0.717) is 5.75 Å². The maximum absolute atomic E-state index is 14.0. The van der Waals surface area contributed by atoms with Gasteiger partial charge in [0, 0.05) is 0 Å². The third-order valence-corrected chi connectivity index (χ3v) is 3.46. The van der Waals surface area contributed by atoms with E-state index in [1.54, 1.807) is 6.07 Å². The maximum atomic E-state index is 14.0. The van der Waals surface area contributed by atoms with Crippen molar-refractivity contribution in [3.8, 4) is 5.75 Å². The highest BCUT2D eigenvalue weighted by Crippen LogP contribution is 2.32. The number of rotatable bonds is 4. The topological polar surface area (TPSA) is 47.6 Å². The largest absolute Gasteiger partial charge is 0.495 e. The van der Waals surface area contributed by atoms with E-state index in [4.69, 9.17) is 9.47 Å². The zero-order valence-corrected chi connectivity index (χ0v) is 12.8. The molecule has 0 aliphatic heterocycles. The predicted molar refractivity (Wildman–Crippen MR) is 80.9 cm³/mol. The highest BCUT2D eigenvalue weighted by Gasteiger charge is 2.14. The van der Waals surface area contributed by atoms with Gasteiger partial charge in [-0.05, 0) is 33.6 Å². The lowest BCUT2D eigenvalue weighted by molar-refractivity contribution is 0.155. The van der Waals surface area contributed by atoms with Gasteiger partial charge in [-0.2, -0.15) is 0 Å². The van der Waals surface area contributed by atoms with Crippen LogP contribution in [0.5, 0.6) is 5.75 Å². The number of ether oxygens (including phenoxy) is 2. The highest BCUT2D eigenvalue weighted by atomic mass is 79.9. The second-order valence-corrected chi connectivity index (χ2v) is 4.92. The van der Waals surface area contributed by atoms with Crippen LogP contribution in [0, 0.1) is 5.82 Å². The number of anilines is 1. The molecular formula is C15H13BrFNO3. The SMILES string of the molecule is COc1ccc(NC(=O)OCc2ccccc2)c(F)c1Br. The Morgan fingerprint density at radius 2 is 1.95 bits per heavy atom. The fourth-order valence-electron chi connectivity index (χ4n) is 1.66. The fourth-order valence-corrected chi connectivity index (χ4v) is 2.16. The molecule has 0 spiro atoms. The Bertz CT molecular complexity index is 634. The summed E-state index contributed by atoms with van der Waals surface area (Å²) in [6.07, 6.45) is -0.727. The first-order valence-corrected chi connectivity index (χ1v) is 6.91. The Morgan fingerprint density at radius 1 is 1.24 bits per heavy atom. The Kier molecular flexibility index (Phi) is 5.16. The molecule has 0 saturated heterocycles. The van der Waals surface area contributed by atoms with Crippen molar-refractivity contribution < 1.29 is 18.7 Å². The van der Waals surface area contributed by atoms with Gasteiger partial charge in [0.25, 0.3) is 0 Å². The summed E-state index contributed by atoms with van der Waals surface area (Å²) in [5.41, 5.74) is 0.866. The van der Waals surface area contributed by atoms with Gasteiger partial charge in [-0.15, -0.1) is 0 Å². The van der Waals surface area contributed by atoms with Gasteiger partial charge < -0.3 is 9.47 Å². The van der Waals surface area contributed by atoms with Crippen molar-refractivity contribution in [2.24, 2.45) is 0 Å². The number of amides is 1. The van der Waals surface area contributed by atoms with E-state index in [1.165, 1.54) is 13.2 Å². The summed E-state index contributed by atoms with van der Waals surface area (Å²) in [6.45, 7) is 0.117. The molecule has 0 bridgehead atoms. The van der Waals surface area contributed by atoms with Crippen molar-refractivity contribution in [1.82, 2.24) is 0 Å². The minimum Gasteiger partial charge on any atom is -0.495 e. The average molecular weight is 354 g/mol. The van der Waals surface area contributed by atoms with E-state index < -0.39 is 11.9 Å². The molecular weight excluding hydrogens is 341 g/mol. The van der Waals surface area contributed by atoms with Crippen LogP contribution in [0.25, 0.3) is 0 Å². The lowest BCUT2D eigenvalue weighted by atomic mass is 10.2. The summed E-state index contributed by atoms with van der Waals surface area (Å²) in [5, 5.41) is 2.35. The third kappa shape index (κ3) is 3.95. The van der Waals surface area contributed by atoms with Gasteiger partial charge in [-0.3, -0.25) is 5.32 Å². The number of benzene rings is 2. The smallest absolute Gasteiger partial charge is 0.412 e. The summed E-state index contributed by atoms with van der Waals surface area (Å²) in [5.74, 6) is -0.276. The molecule has 6 heteroatoms. The second kappa shape index (κ2) is 7.08. The number of nitrogens with one attached hydrogen (secondary N) is 1. The minimum atomic E-state index is -0.727. The zero-order chi connectivity index (χ0) is 15.2. The normalized spacial score (nSPS) is 10.0. The van der Waals surface area contributed by atoms with Crippen LogP contribution in [-0.4, -0.2) is 13.2 Å². The standard InChI is InChI=1S/C15H13BrFNO3/c1-20-12-8-7-11(14(17)13(12)16)18-15(19)21-9-10-5-3-2-4-6-10/h2-8H,9H2,1H3,(H,18,19). The van der Waals surface area contributed by atoms with Crippen molar-refractivity contribution >= 4 is 27.7 Å². The molecule has 0 saturated carbocycles. The highest BCUT2D eigenvalue weighted by molar-refractivity contribution is 9.10. The first-order valence-electron chi connectivity index (χ1n) is 6.11. The minimum absolute atomic E-state index is 0.0146. The van der Waals surface area contributed by atoms with E-state index >= 15 is 0 Å². The van der Waals surface area contributed by atoms with Crippen LogP contribution in [0.15, 0.2) is 46.9 Å². The predicted octanol–water partition coefficient (Wildman–Crippen LogP) is 4.35. The summed E-state index contributed by atoms with van der Waals surface area (Å²) in [4.78, 5) is 11.7. The average Bonchev–Trinajstić information content (AvgIpc) is 2.51. The Labute approximate surface area is 130 Å². The van der Waals surface area contributed by atoms with Crippen molar-refractivity contribution in [3.05, 3.63) is 58.3 Å². The monoisotopic (exact) mass is 353 g/mol. The molecule has 0 unspecified atom stereocenters. The summed E-state index contributed by atoms with van der Waals surface area (Å²) >= 11 is 3.06. The molecule has 2 aromatic rings. The quantitative estimate of drug-likeness (QED) is 0.888. The van der Waals surface area contributed by atoms with Gasteiger partial charge in [-0.25, -0.2) is 9.18 Å². The van der Waals surface area contributed by atoms with Crippen molar-refractivity contribution in [2.75, 3.05) is 12.4 Å². The van der Waals surface area contributed by atoms with Crippen LogP contribution in [0.4, 0.5) is 14.9 Å². The van der Waals surface area contributed by atoms with Gasteiger partial charge in [-0.1, -0.05) is 30.3 Å². The maximum Gasteiger partial charge on any atom is 0.412 e. The van der Waals surface area contributed by atoms with E-state index in [1.807, 2.05) is 30.3 Å². The van der Waals surface area contributed by atoms with Gasteiger partial charge >= 0.3 is 6.09 Å². The molecule has 0 aliphatic rings. The van der Waals surface area contributed by atoms with E-state index in [2.05, 4.69) is 21.2 Å². The van der Waals surface area contributed by atoms with Crippen molar-refractivity contribution in [2.45, 2.75) is 6.61 Å². The number of carbonyl (C=O) groups excluding carboxylic acids is 1. The molecule has 1 amide bonds. The molecule has 2 rings (SSSR count). The molecule has 0 heterocycles. The van der Waals surface area contributed by atoms with E-state index in [9.17, 15) is 9.18 Å². The van der Waals surface area contributed by atoms with Gasteiger partial charge in [0.05, 0.1) is 17.3 Å². The lowest BCUT2D eigenvalue weighted by Gasteiger charge is -2.10. The molecule has 0 aromatic heterocycles. The number of halogens is 2. The number of hydrogen-bond donors (Lipinski definition) is 1. The molecule has 110 valence electrons. The molecule has 4 nitrogen and oxygen atoms in total. The molecule has 2 aromatic carbocycles. The number of methoxy groups -OCH3 is 1. The lowest BCUT2D eigenvalue weighted by Crippen LogP contribution is -2.14. The number of hydrogen-bond acceptors (Lipinski definition) is 3.